The van der Waals surface area contributed by atoms with E-state index in [4.69, 9.17) is 4.74 Å². The fourth-order valence-corrected chi connectivity index (χ4v) is 2.89. The van der Waals surface area contributed by atoms with Gasteiger partial charge < -0.3 is 10.1 Å². The number of piperidine rings is 1. The maximum atomic E-state index is 11.8. The molecule has 1 heterocycles. The van der Waals surface area contributed by atoms with Gasteiger partial charge in [0, 0.05) is 27.2 Å². The van der Waals surface area contributed by atoms with Crippen molar-refractivity contribution in [3.63, 3.8) is 0 Å². The molecule has 1 aliphatic rings. The zero-order valence-corrected chi connectivity index (χ0v) is 11.4. The van der Waals surface area contributed by atoms with Crippen molar-refractivity contribution in [2.45, 2.75) is 12.8 Å². The molecule has 1 atom stereocenters. The molecule has 6 nitrogen and oxygen atoms in total. The van der Waals surface area contributed by atoms with Gasteiger partial charge in [-0.05, 0) is 31.8 Å². The van der Waals surface area contributed by atoms with E-state index in [1.54, 1.807) is 14.2 Å². The molecule has 0 amide bonds. The minimum Gasteiger partial charge on any atom is -0.383 e. The number of hydrogen-bond donors (Lipinski definition) is 2. The Balaban J connectivity index is 2.36. The van der Waals surface area contributed by atoms with E-state index >= 15 is 0 Å². The van der Waals surface area contributed by atoms with Crippen molar-refractivity contribution in [3.8, 4) is 0 Å². The average Bonchev–Trinajstić information content (AvgIpc) is 2.30. The van der Waals surface area contributed by atoms with E-state index in [1.165, 1.54) is 4.31 Å². The first-order valence-corrected chi connectivity index (χ1v) is 7.41. The number of hydrogen-bond acceptors (Lipinski definition) is 4. The van der Waals surface area contributed by atoms with Gasteiger partial charge in [-0.15, -0.1) is 0 Å². The fraction of sp³-hybridized carbons (Fsp3) is 1.00. The predicted molar refractivity (Wildman–Crippen MR) is 67.0 cm³/mol. The van der Waals surface area contributed by atoms with Crippen LogP contribution < -0.4 is 10.0 Å². The maximum Gasteiger partial charge on any atom is 0.279 e. The normalized spacial score (nSPS) is 21.9. The quantitative estimate of drug-likeness (QED) is 0.603. The molecular formula is C10H23N3O3S. The van der Waals surface area contributed by atoms with Crippen LogP contribution in [0.4, 0.5) is 0 Å². The molecule has 7 heteroatoms. The number of ether oxygens (including phenoxy) is 1. The molecule has 1 fully saturated rings. The highest BCUT2D eigenvalue weighted by Crippen LogP contribution is 2.12. The van der Waals surface area contributed by atoms with Crippen molar-refractivity contribution in [2.24, 2.45) is 5.92 Å². The van der Waals surface area contributed by atoms with Gasteiger partial charge >= 0.3 is 0 Å². The van der Waals surface area contributed by atoms with E-state index in [0.717, 1.165) is 25.9 Å². The second-order valence-corrected chi connectivity index (χ2v) is 6.25. The van der Waals surface area contributed by atoms with Gasteiger partial charge in [-0.25, -0.2) is 0 Å². The molecule has 0 spiro atoms. The first-order chi connectivity index (χ1) is 8.06. The van der Waals surface area contributed by atoms with Gasteiger partial charge in [-0.3, -0.25) is 0 Å². The van der Waals surface area contributed by atoms with Crippen LogP contribution >= 0.6 is 0 Å². The van der Waals surface area contributed by atoms with Crippen molar-refractivity contribution < 1.29 is 13.2 Å². The van der Waals surface area contributed by atoms with Crippen LogP contribution in [0.15, 0.2) is 0 Å². The SMILES string of the molecule is COCCNS(=O)(=O)N(C)CC1CCCNC1. The molecule has 1 saturated heterocycles. The summed E-state index contributed by atoms with van der Waals surface area (Å²) in [7, 11) is -0.194. The highest BCUT2D eigenvalue weighted by Gasteiger charge is 2.22. The Bertz CT molecular complexity index is 302. The van der Waals surface area contributed by atoms with E-state index in [9.17, 15) is 8.42 Å². The van der Waals surface area contributed by atoms with Crippen molar-refractivity contribution in [1.82, 2.24) is 14.3 Å². The monoisotopic (exact) mass is 265 g/mol. The van der Waals surface area contributed by atoms with Gasteiger partial charge in [0.1, 0.15) is 0 Å². The molecule has 0 bridgehead atoms. The first-order valence-electron chi connectivity index (χ1n) is 5.97. The summed E-state index contributed by atoms with van der Waals surface area (Å²) in [5.41, 5.74) is 0. The van der Waals surface area contributed by atoms with Gasteiger partial charge in [0.2, 0.25) is 0 Å². The second kappa shape index (κ2) is 7.27. The summed E-state index contributed by atoms with van der Waals surface area (Å²) in [6.07, 6.45) is 2.21. The Morgan fingerprint density at radius 1 is 1.53 bits per heavy atom. The largest absolute Gasteiger partial charge is 0.383 e. The summed E-state index contributed by atoms with van der Waals surface area (Å²) < 4.78 is 32.3. The van der Waals surface area contributed by atoms with Crippen LogP contribution in [0.1, 0.15) is 12.8 Å². The lowest BCUT2D eigenvalue weighted by atomic mass is 10.00. The summed E-state index contributed by atoms with van der Waals surface area (Å²) in [5.74, 6) is 0.410. The first kappa shape index (κ1) is 14.8. The second-order valence-electron chi connectivity index (χ2n) is 4.39. The molecule has 17 heavy (non-hydrogen) atoms. The topological polar surface area (TPSA) is 70.7 Å². The van der Waals surface area contributed by atoms with Crippen LogP contribution in [-0.4, -0.2) is 59.7 Å². The molecule has 1 rings (SSSR count). The summed E-state index contributed by atoms with van der Waals surface area (Å²) >= 11 is 0. The number of nitrogens with one attached hydrogen (secondary N) is 2. The third-order valence-electron chi connectivity index (χ3n) is 2.92. The van der Waals surface area contributed by atoms with Crippen molar-refractivity contribution in [2.75, 3.05) is 46.9 Å². The molecule has 0 aromatic carbocycles. The van der Waals surface area contributed by atoms with Crippen LogP contribution in [0, 0.1) is 5.92 Å². The van der Waals surface area contributed by atoms with Crippen molar-refractivity contribution in [3.05, 3.63) is 0 Å². The summed E-state index contributed by atoms with van der Waals surface area (Å²) in [4.78, 5) is 0. The van der Waals surface area contributed by atoms with Crippen molar-refractivity contribution >= 4 is 10.2 Å². The van der Waals surface area contributed by atoms with Gasteiger partial charge in [0.05, 0.1) is 6.61 Å². The number of nitrogens with zero attached hydrogens (tertiary/aromatic N) is 1. The smallest absolute Gasteiger partial charge is 0.279 e. The summed E-state index contributed by atoms with van der Waals surface area (Å²) in [6.45, 7) is 3.20. The zero-order chi connectivity index (χ0) is 12.7. The summed E-state index contributed by atoms with van der Waals surface area (Å²) in [6, 6.07) is 0. The Labute approximate surface area is 104 Å². The third kappa shape index (κ3) is 5.31. The van der Waals surface area contributed by atoms with Crippen LogP contribution in [0.25, 0.3) is 0 Å². The van der Waals surface area contributed by atoms with E-state index in [0.29, 0.717) is 25.6 Å². The van der Waals surface area contributed by atoms with Gasteiger partial charge in [-0.1, -0.05) is 0 Å². The van der Waals surface area contributed by atoms with Crippen molar-refractivity contribution in [1.29, 1.82) is 0 Å². The predicted octanol–water partition coefficient (Wildman–Crippen LogP) is -0.601. The fourth-order valence-electron chi connectivity index (χ4n) is 1.92. The highest BCUT2D eigenvalue weighted by molar-refractivity contribution is 7.87. The molecule has 0 saturated carbocycles. The van der Waals surface area contributed by atoms with Crippen LogP contribution in [0.5, 0.6) is 0 Å². The lowest BCUT2D eigenvalue weighted by Crippen LogP contribution is -2.44. The Kier molecular flexibility index (Phi) is 6.35. The summed E-state index contributed by atoms with van der Waals surface area (Å²) in [5, 5.41) is 3.28. The molecule has 2 N–H and O–H groups in total. The maximum absolute atomic E-state index is 11.8. The van der Waals surface area contributed by atoms with Gasteiger partial charge in [0.15, 0.2) is 0 Å². The van der Waals surface area contributed by atoms with Gasteiger partial charge in [0.25, 0.3) is 10.2 Å². The third-order valence-corrected chi connectivity index (χ3v) is 4.45. The average molecular weight is 265 g/mol. The molecule has 0 radical (unpaired) electrons. The molecule has 0 aliphatic carbocycles. The van der Waals surface area contributed by atoms with E-state index in [1.807, 2.05) is 0 Å². The number of methoxy groups -OCH3 is 1. The lowest BCUT2D eigenvalue weighted by Gasteiger charge is -2.27. The molecule has 1 aliphatic heterocycles. The van der Waals surface area contributed by atoms with Gasteiger partial charge in [-0.2, -0.15) is 17.4 Å². The molecule has 102 valence electrons. The standard InChI is InChI=1S/C10H23N3O3S/c1-13(9-10-4-3-5-11-8-10)17(14,15)12-6-7-16-2/h10-12H,3-9H2,1-2H3. The van der Waals surface area contributed by atoms with Crippen LogP contribution in [-0.2, 0) is 14.9 Å². The van der Waals surface area contributed by atoms with E-state index in [-0.39, 0.29) is 0 Å². The highest BCUT2D eigenvalue weighted by atomic mass is 32.2. The van der Waals surface area contributed by atoms with E-state index < -0.39 is 10.2 Å². The Morgan fingerprint density at radius 3 is 2.88 bits per heavy atom. The van der Waals surface area contributed by atoms with E-state index in [2.05, 4.69) is 10.0 Å². The minimum atomic E-state index is -3.36. The minimum absolute atomic E-state index is 0.312. The van der Waals surface area contributed by atoms with Crippen LogP contribution in [0.2, 0.25) is 0 Å². The zero-order valence-electron chi connectivity index (χ0n) is 10.6. The Morgan fingerprint density at radius 2 is 2.29 bits per heavy atom. The molecular weight excluding hydrogens is 242 g/mol. The number of rotatable bonds is 7. The Hall–Kier alpha value is -0.210. The lowest BCUT2D eigenvalue weighted by molar-refractivity contribution is 0.203. The molecule has 0 aromatic rings. The van der Waals surface area contributed by atoms with Crippen LogP contribution in [0.3, 0.4) is 0 Å². The molecule has 0 aromatic heterocycles. The molecule has 1 unspecified atom stereocenters.